The number of halogens is 1. The molecule has 1 rings (SSSR count). The predicted molar refractivity (Wildman–Crippen MR) is 61.0 cm³/mol. The summed E-state index contributed by atoms with van der Waals surface area (Å²) in [6, 6.07) is 4.59. The summed E-state index contributed by atoms with van der Waals surface area (Å²) < 4.78 is 40.0. The molecule has 1 aromatic carbocycles. The van der Waals surface area contributed by atoms with Crippen molar-refractivity contribution in [3.8, 4) is 5.75 Å². The SMILES string of the molecule is Cc1ccc(OCCCS(C)(=O)=O)cc1F. The van der Waals surface area contributed by atoms with Crippen LogP contribution in [0, 0.1) is 12.7 Å². The van der Waals surface area contributed by atoms with Crippen molar-refractivity contribution >= 4 is 9.84 Å². The van der Waals surface area contributed by atoms with Gasteiger partial charge in [-0.25, -0.2) is 12.8 Å². The molecule has 1 aromatic rings. The Balaban J connectivity index is 2.41. The van der Waals surface area contributed by atoms with Crippen molar-refractivity contribution < 1.29 is 17.5 Å². The maximum Gasteiger partial charge on any atom is 0.147 e. The molecule has 0 amide bonds. The first-order valence-electron chi connectivity index (χ1n) is 4.95. The van der Waals surface area contributed by atoms with Crippen molar-refractivity contribution in [2.45, 2.75) is 13.3 Å². The normalized spacial score (nSPS) is 11.4. The third-order valence-electron chi connectivity index (χ3n) is 2.07. The van der Waals surface area contributed by atoms with Crippen LogP contribution in [0.2, 0.25) is 0 Å². The molecule has 0 unspecified atom stereocenters. The molecule has 0 aliphatic heterocycles. The lowest BCUT2D eigenvalue weighted by atomic mass is 10.2. The highest BCUT2D eigenvalue weighted by Crippen LogP contribution is 2.15. The minimum Gasteiger partial charge on any atom is -0.493 e. The first-order chi connectivity index (χ1) is 7.38. The monoisotopic (exact) mass is 246 g/mol. The van der Waals surface area contributed by atoms with Crippen molar-refractivity contribution in [3.63, 3.8) is 0 Å². The highest BCUT2D eigenvalue weighted by atomic mass is 32.2. The fourth-order valence-corrected chi connectivity index (χ4v) is 1.82. The highest BCUT2D eigenvalue weighted by molar-refractivity contribution is 7.90. The summed E-state index contributed by atoms with van der Waals surface area (Å²) >= 11 is 0. The van der Waals surface area contributed by atoms with E-state index in [1.165, 1.54) is 12.3 Å². The van der Waals surface area contributed by atoms with Gasteiger partial charge in [-0.1, -0.05) is 6.07 Å². The maximum atomic E-state index is 13.1. The second kappa shape index (κ2) is 5.30. The molecule has 0 N–H and O–H groups in total. The van der Waals surface area contributed by atoms with Gasteiger partial charge in [0, 0.05) is 12.3 Å². The van der Waals surface area contributed by atoms with Crippen LogP contribution in [0.3, 0.4) is 0 Å². The maximum absolute atomic E-state index is 13.1. The predicted octanol–water partition coefficient (Wildman–Crippen LogP) is 1.95. The van der Waals surface area contributed by atoms with E-state index in [9.17, 15) is 12.8 Å². The lowest BCUT2D eigenvalue weighted by Gasteiger charge is -2.06. The van der Waals surface area contributed by atoms with Gasteiger partial charge in [0.1, 0.15) is 21.4 Å². The average molecular weight is 246 g/mol. The van der Waals surface area contributed by atoms with Crippen LogP contribution in [-0.2, 0) is 9.84 Å². The molecule has 90 valence electrons. The molecule has 0 fully saturated rings. The van der Waals surface area contributed by atoms with Gasteiger partial charge in [-0.3, -0.25) is 0 Å². The number of benzene rings is 1. The highest BCUT2D eigenvalue weighted by Gasteiger charge is 2.03. The number of sulfone groups is 1. The number of aryl methyl sites for hydroxylation is 1. The van der Waals surface area contributed by atoms with Gasteiger partial charge in [-0.2, -0.15) is 0 Å². The van der Waals surface area contributed by atoms with Crippen molar-refractivity contribution in [2.75, 3.05) is 18.6 Å². The molecule has 0 aliphatic rings. The fourth-order valence-electron chi connectivity index (χ4n) is 1.17. The van der Waals surface area contributed by atoms with Gasteiger partial charge < -0.3 is 4.74 Å². The quantitative estimate of drug-likeness (QED) is 0.746. The lowest BCUT2D eigenvalue weighted by Crippen LogP contribution is -2.08. The molecule has 0 radical (unpaired) electrons. The van der Waals surface area contributed by atoms with Crippen LogP contribution >= 0.6 is 0 Å². The summed E-state index contributed by atoms with van der Waals surface area (Å²) in [6.45, 7) is 1.94. The Labute approximate surface area is 95.2 Å². The van der Waals surface area contributed by atoms with Crippen molar-refractivity contribution in [1.29, 1.82) is 0 Å². The Morgan fingerprint density at radius 2 is 2.06 bits per heavy atom. The summed E-state index contributed by atoms with van der Waals surface area (Å²) in [7, 11) is -2.95. The zero-order chi connectivity index (χ0) is 12.2. The van der Waals surface area contributed by atoms with Crippen LogP contribution in [0.5, 0.6) is 5.75 Å². The first kappa shape index (κ1) is 13.0. The lowest BCUT2D eigenvalue weighted by molar-refractivity contribution is 0.316. The molecule has 0 saturated carbocycles. The van der Waals surface area contributed by atoms with Gasteiger partial charge in [-0.15, -0.1) is 0 Å². The third kappa shape index (κ3) is 4.61. The van der Waals surface area contributed by atoms with E-state index in [-0.39, 0.29) is 18.2 Å². The minimum absolute atomic E-state index is 0.0847. The molecular formula is C11H15FO3S. The molecule has 0 heterocycles. The van der Waals surface area contributed by atoms with Gasteiger partial charge >= 0.3 is 0 Å². The standard InChI is InChI=1S/C11H15FO3S/c1-9-4-5-10(8-11(9)12)15-6-3-7-16(2,13)14/h4-5,8H,3,6-7H2,1-2H3. The first-order valence-corrected chi connectivity index (χ1v) is 7.01. The van der Waals surface area contributed by atoms with Crippen LogP contribution in [0.4, 0.5) is 4.39 Å². The van der Waals surface area contributed by atoms with Gasteiger partial charge in [0.2, 0.25) is 0 Å². The third-order valence-corrected chi connectivity index (χ3v) is 3.10. The Morgan fingerprint density at radius 1 is 1.38 bits per heavy atom. The molecule has 0 bridgehead atoms. The Kier molecular flexibility index (Phi) is 4.29. The second-order valence-corrected chi connectivity index (χ2v) is 6.00. The van der Waals surface area contributed by atoms with E-state index < -0.39 is 9.84 Å². The Hall–Kier alpha value is -1.10. The minimum atomic E-state index is -2.95. The fraction of sp³-hybridized carbons (Fsp3) is 0.455. The van der Waals surface area contributed by atoms with Crippen LogP contribution in [0.15, 0.2) is 18.2 Å². The molecule has 0 atom stereocenters. The summed E-state index contributed by atoms with van der Waals surface area (Å²) in [5.74, 6) is 0.193. The van der Waals surface area contributed by atoms with E-state index >= 15 is 0 Å². The molecule has 0 spiro atoms. The van der Waals surface area contributed by atoms with E-state index in [0.717, 1.165) is 0 Å². The van der Waals surface area contributed by atoms with Crippen molar-refractivity contribution in [3.05, 3.63) is 29.6 Å². The van der Waals surface area contributed by atoms with Crippen molar-refractivity contribution in [1.82, 2.24) is 0 Å². The van der Waals surface area contributed by atoms with Crippen LogP contribution in [0.25, 0.3) is 0 Å². The summed E-state index contributed by atoms with van der Waals surface area (Å²) in [6.07, 6.45) is 1.59. The topological polar surface area (TPSA) is 43.4 Å². The second-order valence-electron chi connectivity index (χ2n) is 3.74. The van der Waals surface area contributed by atoms with E-state index in [2.05, 4.69) is 0 Å². The largest absolute Gasteiger partial charge is 0.493 e. The molecule has 0 aliphatic carbocycles. The van der Waals surface area contributed by atoms with Crippen LogP contribution in [-0.4, -0.2) is 27.0 Å². The van der Waals surface area contributed by atoms with E-state index in [1.54, 1.807) is 19.1 Å². The smallest absolute Gasteiger partial charge is 0.147 e. The van der Waals surface area contributed by atoms with E-state index in [4.69, 9.17) is 4.74 Å². The Morgan fingerprint density at radius 3 is 2.62 bits per heavy atom. The summed E-state index contributed by atoms with van der Waals surface area (Å²) in [4.78, 5) is 0. The molecule has 0 aromatic heterocycles. The average Bonchev–Trinajstić information content (AvgIpc) is 2.17. The molecule has 16 heavy (non-hydrogen) atoms. The summed E-state index contributed by atoms with van der Waals surface area (Å²) in [5, 5.41) is 0. The Bertz CT molecular complexity index is 454. The molecule has 3 nitrogen and oxygen atoms in total. The molecule has 5 heteroatoms. The van der Waals surface area contributed by atoms with Crippen molar-refractivity contribution in [2.24, 2.45) is 0 Å². The van der Waals surface area contributed by atoms with Gasteiger partial charge in [-0.05, 0) is 25.0 Å². The number of rotatable bonds is 5. The van der Waals surface area contributed by atoms with E-state index in [0.29, 0.717) is 17.7 Å². The number of hydrogen-bond donors (Lipinski definition) is 0. The van der Waals surface area contributed by atoms with Crippen LogP contribution in [0.1, 0.15) is 12.0 Å². The summed E-state index contributed by atoms with van der Waals surface area (Å²) in [5.41, 5.74) is 0.559. The number of hydrogen-bond acceptors (Lipinski definition) is 3. The van der Waals surface area contributed by atoms with Gasteiger partial charge in [0.15, 0.2) is 0 Å². The van der Waals surface area contributed by atoms with Crippen LogP contribution < -0.4 is 4.74 Å². The molecular weight excluding hydrogens is 231 g/mol. The number of ether oxygens (including phenoxy) is 1. The van der Waals surface area contributed by atoms with Gasteiger partial charge in [0.25, 0.3) is 0 Å². The van der Waals surface area contributed by atoms with E-state index in [1.807, 2.05) is 0 Å². The zero-order valence-corrected chi connectivity index (χ0v) is 10.2. The molecule has 0 saturated heterocycles. The zero-order valence-electron chi connectivity index (χ0n) is 9.36. The van der Waals surface area contributed by atoms with Gasteiger partial charge in [0.05, 0.1) is 12.4 Å².